The third kappa shape index (κ3) is 6.33. The summed E-state index contributed by atoms with van der Waals surface area (Å²) in [6, 6.07) is -1.21. The number of carboxylic acid groups (broad SMARTS) is 1. The highest BCUT2D eigenvalue weighted by molar-refractivity contribution is 5.90. The van der Waals surface area contributed by atoms with Gasteiger partial charge in [0.05, 0.1) is 12.1 Å². The first-order chi connectivity index (χ1) is 13.0. The molecule has 0 bridgehead atoms. The van der Waals surface area contributed by atoms with E-state index in [1.807, 2.05) is 39.6 Å². The third-order valence-electron chi connectivity index (χ3n) is 5.54. The molecule has 1 saturated heterocycles. The van der Waals surface area contributed by atoms with Gasteiger partial charge in [0.15, 0.2) is 0 Å². The highest BCUT2D eigenvalue weighted by Crippen LogP contribution is 2.19. The quantitative estimate of drug-likeness (QED) is 0.615. The molecule has 0 aromatic heterocycles. The second kappa shape index (κ2) is 10.6. The number of amides is 2. The highest BCUT2D eigenvalue weighted by atomic mass is 16.4. The van der Waals surface area contributed by atoms with Crippen LogP contribution in [-0.4, -0.2) is 71.5 Å². The van der Waals surface area contributed by atoms with Crippen LogP contribution in [0.1, 0.15) is 53.9 Å². The maximum atomic E-state index is 13.2. The van der Waals surface area contributed by atoms with Gasteiger partial charge >= 0.3 is 5.97 Å². The van der Waals surface area contributed by atoms with Crippen molar-refractivity contribution in [3.05, 3.63) is 11.6 Å². The van der Waals surface area contributed by atoms with Crippen LogP contribution in [0.3, 0.4) is 0 Å². The molecule has 7 nitrogen and oxygen atoms in total. The van der Waals surface area contributed by atoms with Gasteiger partial charge in [0.25, 0.3) is 0 Å². The molecule has 1 aliphatic rings. The van der Waals surface area contributed by atoms with Crippen molar-refractivity contribution in [2.75, 3.05) is 20.6 Å². The maximum absolute atomic E-state index is 13.2. The summed E-state index contributed by atoms with van der Waals surface area (Å²) in [5.74, 6) is -1.35. The zero-order chi connectivity index (χ0) is 21.6. The topological polar surface area (TPSA) is 90.0 Å². The van der Waals surface area contributed by atoms with Crippen LogP contribution in [0.4, 0.5) is 0 Å². The summed E-state index contributed by atoms with van der Waals surface area (Å²) in [6.45, 7) is 10.1. The third-order valence-corrected chi connectivity index (χ3v) is 5.54. The number of piperidine rings is 1. The van der Waals surface area contributed by atoms with Crippen LogP contribution in [-0.2, 0) is 14.4 Å². The molecule has 7 heteroatoms. The summed E-state index contributed by atoms with van der Waals surface area (Å²) in [5, 5.41) is 12.1. The Morgan fingerprint density at radius 1 is 1.14 bits per heavy atom. The molecule has 0 spiro atoms. The van der Waals surface area contributed by atoms with Crippen molar-refractivity contribution in [1.82, 2.24) is 15.1 Å². The number of aliphatic carboxylic acids is 1. The number of carbonyl (C=O) groups is 3. The Bertz CT molecular complexity index is 600. The predicted molar refractivity (Wildman–Crippen MR) is 110 cm³/mol. The maximum Gasteiger partial charge on any atom is 0.331 e. The van der Waals surface area contributed by atoms with E-state index in [0.717, 1.165) is 25.8 Å². The molecule has 0 aromatic rings. The minimum Gasteiger partial charge on any atom is -0.478 e. The van der Waals surface area contributed by atoms with Crippen molar-refractivity contribution in [2.45, 2.75) is 72.0 Å². The Morgan fingerprint density at radius 2 is 1.75 bits per heavy atom. The molecule has 0 aromatic carbocycles. The molecule has 0 aliphatic carbocycles. The molecular formula is C21H37N3O4. The summed E-state index contributed by atoms with van der Waals surface area (Å²) >= 11 is 0. The first-order valence-corrected chi connectivity index (χ1v) is 10.2. The van der Waals surface area contributed by atoms with Gasteiger partial charge in [0.2, 0.25) is 11.8 Å². The summed E-state index contributed by atoms with van der Waals surface area (Å²) in [4.78, 5) is 40.8. The molecule has 3 atom stereocenters. The van der Waals surface area contributed by atoms with Crippen molar-refractivity contribution in [2.24, 2.45) is 11.8 Å². The fraction of sp³-hybridized carbons (Fsp3) is 0.762. The van der Waals surface area contributed by atoms with Gasteiger partial charge in [-0.15, -0.1) is 0 Å². The Morgan fingerprint density at radius 3 is 2.21 bits per heavy atom. The molecule has 2 amide bonds. The number of carboxylic acids is 1. The standard InChI is InChI=1S/C21H37N3O4/c1-13(2)17(12-15(5)21(27)28)24(7)20(26)18(14(3)4)22-19(25)16-10-8-9-11-23(16)6/h12-14,16-18H,8-11H2,1-7H3,(H,22,25)(H,27,28)/b15-12+. The van der Waals surface area contributed by atoms with E-state index in [1.54, 1.807) is 18.0 Å². The molecule has 1 rings (SSSR count). The SMILES string of the molecule is C/C(=C\C(C(C)C)N(C)C(=O)C(NC(=O)C1CCCCN1C)C(C)C)C(=O)O. The van der Waals surface area contributed by atoms with Crippen LogP contribution in [0.15, 0.2) is 11.6 Å². The Balaban J connectivity index is 2.99. The van der Waals surface area contributed by atoms with Gasteiger partial charge in [-0.05, 0) is 45.2 Å². The van der Waals surface area contributed by atoms with Crippen molar-refractivity contribution < 1.29 is 19.5 Å². The molecule has 160 valence electrons. The van der Waals surface area contributed by atoms with Gasteiger partial charge in [-0.3, -0.25) is 14.5 Å². The molecule has 1 heterocycles. The summed E-state index contributed by atoms with van der Waals surface area (Å²) in [7, 11) is 3.61. The zero-order valence-corrected chi connectivity index (χ0v) is 18.4. The van der Waals surface area contributed by atoms with E-state index >= 15 is 0 Å². The van der Waals surface area contributed by atoms with E-state index in [1.165, 1.54) is 6.92 Å². The van der Waals surface area contributed by atoms with E-state index < -0.39 is 12.0 Å². The largest absolute Gasteiger partial charge is 0.478 e. The number of nitrogens with one attached hydrogen (secondary N) is 1. The predicted octanol–water partition coefficient (Wildman–Crippen LogP) is 2.13. The first kappa shape index (κ1) is 24.1. The number of likely N-dealkylation sites (tertiary alicyclic amines) is 1. The molecule has 2 N–H and O–H groups in total. The second-order valence-electron chi connectivity index (χ2n) is 8.56. The lowest BCUT2D eigenvalue weighted by Crippen LogP contribution is -2.57. The van der Waals surface area contributed by atoms with Crippen LogP contribution < -0.4 is 5.32 Å². The van der Waals surface area contributed by atoms with E-state index in [9.17, 15) is 19.5 Å². The van der Waals surface area contributed by atoms with Crippen LogP contribution in [0.5, 0.6) is 0 Å². The summed E-state index contributed by atoms with van der Waals surface area (Å²) < 4.78 is 0. The molecule has 1 fully saturated rings. The number of hydrogen-bond acceptors (Lipinski definition) is 4. The van der Waals surface area contributed by atoms with Gasteiger partial charge in [-0.1, -0.05) is 40.2 Å². The molecular weight excluding hydrogens is 358 g/mol. The summed E-state index contributed by atoms with van der Waals surface area (Å²) in [6.07, 6.45) is 4.50. The van der Waals surface area contributed by atoms with Gasteiger partial charge < -0.3 is 15.3 Å². The lowest BCUT2D eigenvalue weighted by Gasteiger charge is -2.36. The van der Waals surface area contributed by atoms with E-state index in [2.05, 4.69) is 5.32 Å². The second-order valence-corrected chi connectivity index (χ2v) is 8.56. The minimum absolute atomic E-state index is 0.0382. The average molecular weight is 396 g/mol. The highest BCUT2D eigenvalue weighted by Gasteiger charge is 2.34. The normalized spacial score (nSPS) is 20.8. The Labute approximate surface area is 169 Å². The fourth-order valence-electron chi connectivity index (χ4n) is 3.61. The van der Waals surface area contributed by atoms with Crippen molar-refractivity contribution in [3.63, 3.8) is 0 Å². The minimum atomic E-state index is -0.999. The van der Waals surface area contributed by atoms with Crippen LogP contribution in [0.25, 0.3) is 0 Å². The monoisotopic (exact) mass is 395 g/mol. The number of likely N-dealkylation sites (N-methyl/N-ethyl adjacent to an activating group) is 2. The Hall–Kier alpha value is -1.89. The van der Waals surface area contributed by atoms with E-state index in [-0.39, 0.29) is 41.3 Å². The molecule has 0 radical (unpaired) electrons. The smallest absolute Gasteiger partial charge is 0.331 e. The van der Waals surface area contributed by atoms with Gasteiger partial charge in [0, 0.05) is 12.6 Å². The average Bonchev–Trinajstić information content (AvgIpc) is 2.62. The zero-order valence-electron chi connectivity index (χ0n) is 18.4. The molecule has 3 unspecified atom stereocenters. The lowest BCUT2D eigenvalue weighted by molar-refractivity contribution is -0.140. The van der Waals surface area contributed by atoms with Crippen molar-refractivity contribution in [3.8, 4) is 0 Å². The van der Waals surface area contributed by atoms with Crippen LogP contribution in [0, 0.1) is 11.8 Å². The van der Waals surface area contributed by atoms with Gasteiger partial charge in [-0.25, -0.2) is 4.79 Å². The Kier molecular flexibility index (Phi) is 9.14. The molecule has 28 heavy (non-hydrogen) atoms. The molecule has 0 saturated carbocycles. The summed E-state index contributed by atoms with van der Waals surface area (Å²) in [5.41, 5.74) is 0.201. The molecule has 1 aliphatic heterocycles. The van der Waals surface area contributed by atoms with E-state index in [0.29, 0.717) is 0 Å². The number of carbonyl (C=O) groups excluding carboxylic acids is 2. The number of nitrogens with zero attached hydrogens (tertiary/aromatic N) is 2. The van der Waals surface area contributed by atoms with Crippen molar-refractivity contribution >= 4 is 17.8 Å². The number of rotatable bonds is 8. The van der Waals surface area contributed by atoms with Crippen LogP contribution >= 0.6 is 0 Å². The fourth-order valence-corrected chi connectivity index (χ4v) is 3.61. The van der Waals surface area contributed by atoms with Gasteiger partial charge in [0.1, 0.15) is 6.04 Å². The first-order valence-electron chi connectivity index (χ1n) is 10.2. The van der Waals surface area contributed by atoms with Gasteiger partial charge in [-0.2, -0.15) is 0 Å². The van der Waals surface area contributed by atoms with Crippen LogP contribution in [0.2, 0.25) is 0 Å². The lowest BCUT2D eigenvalue weighted by atomic mass is 9.96. The van der Waals surface area contributed by atoms with E-state index in [4.69, 9.17) is 0 Å². The van der Waals surface area contributed by atoms with Crippen molar-refractivity contribution in [1.29, 1.82) is 0 Å². The number of hydrogen-bond donors (Lipinski definition) is 2.